The molecule has 162 valence electrons. The number of carbonyl (C=O) groups excluding carboxylic acids is 3. The summed E-state index contributed by atoms with van der Waals surface area (Å²) in [5.41, 5.74) is 0.609. The van der Waals surface area contributed by atoms with E-state index in [0.717, 1.165) is 16.7 Å². The number of rotatable bonds is 7. The van der Waals surface area contributed by atoms with Crippen LogP contribution < -0.4 is 9.47 Å². The zero-order valence-corrected chi connectivity index (χ0v) is 18.1. The van der Waals surface area contributed by atoms with Crippen molar-refractivity contribution in [1.29, 1.82) is 0 Å². The minimum atomic E-state index is -0.631. The van der Waals surface area contributed by atoms with Crippen molar-refractivity contribution in [2.24, 2.45) is 0 Å². The molecule has 4 rings (SSSR count). The van der Waals surface area contributed by atoms with E-state index in [2.05, 4.69) is 0 Å². The van der Waals surface area contributed by atoms with Gasteiger partial charge in [-0.3, -0.25) is 14.5 Å². The van der Waals surface area contributed by atoms with Crippen molar-refractivity contribution in [3.63, 3.8) is 0 Å². The monoisotopic (exact) mass is 469 g/mol. The van der Waals surface area contributed by atoms with Crippen molar-refractivity contribution in [3.8, 4) is 11.5 Å². The number of benzene rings is 2. The Morgan fingerprint density at radius 1 is 1.06 bits per heavy atom. The lowest BCUT2D eigenvalue weighted by molar-refractivity contribution is -0.123. The number of thioether (sulfide) groups is 1. The van der Waals surface area contributed by atoms with Gasteiger partial charge in [-0.25, -0.2) is 4.79 Å². The van der Waals surface area contributed by atoms with Gasteiger partial charge < -0.3 is 13.9 Å². The molecule has 0 N–H and O–H groups in total. The van der Waals surface area contributed by atoms with Crippen molar-refractivity contribution in [3.05, 3.63) is 88.2 Å². The number of hydrogen-bond acceptors (Lipinski definition) is 7. The van der Waals surface area contributed by atoms with E-state index in [1.54, 1.807) is 60.7 Å². The molecule has 1 saturated heterocycles. The zero-order valence-electron chi connectivity index (χ0n) is 16.5. The van der Waals surface area contributed by atoms with Gasteiger partial charge in [-0.05, 0) is 71.9 Å². The first-order valence-corrected chi connectivity index (χ1v) is 10.7. The normalized spacial score (nSPS) is 14.8. The van der Waals surface area contributed by atoms with E-state index >= 15 is 0 Å². The maximum atomic E-state index is 12.7. The summed E-state index contributed by atoms with van der Waals surface area (Å²) in [6, 6.07) is 16.5. The molecule has 0 radical (unpaired) electrons. The average Bonchev–Trinajstić information content (AvgIpc) is 3.40. The Labute approximate surface area is 192 Å². The lowest BCUT2D eigenvalue weighted by Crippen LogP contribution is -2.32. The third kappa shape index (κ3) is 5.22. The standard InChI is InChI=1S/C23H16ClNO6S/c24-16-6-8-17(9-7-16)29-12-10-25-21(26)20(32-23(25)28)14-15-3-1-4-18(13-15)31-22(27)19-5-2-11-30-19/h1-9,11,13-14H,10,12H2/b20-14-. The molecule has 0 unspecified atom stereocenters. The molecule has 0 aliphatic carbocycles. The van der Waals surface area contributed by atoms with E-state index < -0.39 is 11.9 Å². The van der Waals surface area contributed by atoms with Crippen LogP contribution in [0.3, 0.4) is 0 Å². The van der Waals surface area contributed by atoms with Crippen LogP contribution in [0, 0.1) is 0 Å². The van der Waals surface area contributed by atoms with Gasteiger partial charge in [0.1, 0.15) is 18.1 Å². The molecule has 1 aliphatic heterocycles. The van der Waals surface area contributed by atoms with Crippen LogP contribution >= 0.6 is 23.4 Å². The summed E-state index contributed by atoms with van der Waals surface area (Å²) in [6.45, 7) is 0.274. The van der Waals surface area contributed by atoms with E-state index in [4.69, 9.17) is 25.5 Å². The highest BCUT2D eigenvalue weighted by Gasteiger charge is 2.34. The maximum absolute atomic E-state index is 12.7. The summed E-state index contributed by atoms with van der Waals surface area (Å²) in [6.07, 6.45) is 2.96. The Morgan fingerprint density at radius 3 is 2.62 bits per heavy atom. The number of hydrogen-bond donors (Lipinski definition) is 0. The molecule has 0 atom stereocenters. The molecule has 1 aliphatic rings. The van der Waals surface area contributed by atoms with Gasteiger partial charge in [0.05, 0.1) is 17.7 Å². The molecule has 32 heavy (non-hydrogen) atoms. The second-order valence-corrected chi connectivity index (χ2v) is 8.00. The van der Waals surface area contributed by atoms with Gasteiger partial charge in [0, 0.05) is 5.02 Å². The molecule has 1 fully saturated rings. The van der Waals surface area contributed by atoms with Crippen LogP contribution in [0.25, 0.3) is 6.08 Å². The van der Waals surface area contributed by atoms with Crippen LogP contribution in [0.5, 0.6) is 11.5 Å². The van der Waals surface area contributed by atoms with Crippen LogP contribution in [0.15, 0.2) is 76.2 Å². The largest absolute Gasteiger partial charge is 0.492 e. The third-order valence-electron chi connectivity index (χ3n) is 4.36. The first-order valence-electron chi connectivity index (χ1n) is 9.49. The number of halogens is 1. The lowest BCUT2D eigenvalue weighted by Gasteiger charge is -2.13. The number of imide groups is 1. The van der Waals surface area contributed by atoms with Crippen LogP contribution in [0.2, 0.25) is 5.02 Å². The second-order valence-electron chi connectivity index (χ2n) is 6.58. The second kappa shape index (κ2) is 9.76. The molecule has 7 nitrogen and oxygen atoms in total. The number of ether oxygens (including phenoxy) is 2. The van der Waals surface area contributed by atoms with Crippen LogP contribution in [-0.2, 0) is 4.79 Å². The predicted molar refractivity (Wildman–Crippen MR) is 120 cm³/mol. The average molecular weight is 470 g/mol. The first-order chi connectivity index (χ1) is 15.5. The summed E-state index contributed by atoms with van der Waals surface area (Å²) in [7, 11) is 0. The molecule has 9 heteroatoms. The number of nitrogens with zero attached hydrogens (tertiary/aromatic N) is 1. The minimum Gasteiger partial charge on any atom is -0.492 e. The molecule has 0 bridgehead atoms. The summed E-state index contributed by atoms with van der Waals surface area (Å²) < 4.78 is 15.9. The highest BCUT2D eigenvalue weighted by Crippen LogP contribution is 2.32. The molecule has 0 saturated carbocycles. The fourth-order valence-corrected chi connectivity index (χ4v) is 3.84. The van der Waals surface area contributed by atoms with Crippen LogP contribution in [0.4, 0.5) is 4.79 Å². The summed E-state index contributed by atoms with van der Waals surface area (Å²) in [4.78, 5) is 38.4. The molecular formula is C23H16ClNO6S. The topological polar surface area (TPSA) is 86.0 Å². The maximum Gasteiger partial charge on any atom is 0.379 e. The van der Waals surface area contributed by atoms with E-state index in [-0.39, 0.29) is 34.8 Å². The summed E-state index contributed by atoms with van der Waals surface area (Å²) in [5, 5.41) is 0.217. The quantitative estimate of drug-likeness (QED) is 0.265. The summed E-state index contributed by atoms with van der Waals surface area (Å²) in [5.74, 6) is -0.0724. The third-order valence-corrected chi connectivity index (χ3v) is 5.52. The Kier molecular flexibility index (Phi) is 6.63. The van der Waals surface area contributed by atoms with Gasteiger partial charge in [-0.1, -0.05) is 23.7 Å². The van der Waals surface area contributed by atoms with Gasteiger partial charge in [0.25, 0.3) is 11.1 Å². The number of esters is 1. The predicted octanol–water partition coefficient (Wildman–Crippen LogP) is 5.27. The fourth-order valence-electron chi connectivity index (χ4n) is 2.85. The van der Waals surface area contributed by atoms with Gasteiger partial charge in [-0.15, -0.1) is 0 Å². The first kappa shape index (κ1) is 21.7. The van der Waals surface area contributed by atoms with E-state index in [1.165, 1.54) is 12.3 Å². The van der Waals surface area contributed by atoms with Crippen LogP contribution in [0.1, 0.15) is 16.1 Å². The van der Waals surface area contributed by atoms with Gasteiger partial charge in [0.15, 0.2) is 0 Å². The van der Waals surface area contributed by atoms with Crippen LogP contribution in [-0.4, -0.2) is 35.2 Å². The zero-order chi connectivity index (χ0) is 22.5. The van der Waals surface area contributed by atoms with Gasteiger partial charge >= 0.3 is 5.97 Å². The Morgan fingerprint density at radius 2 is 1.88 bits per heavy atom. The minimum absolute atomic E-state index is 0.0809. The molecule has 2 aromatic carbocycles. The van der Waals surface area contributed by atoms with Crippen molar-refractivity contribution in [1.82, 2.24) is 4.90 Å². The van der Waals surface area contributed by atoms with Crippen molar-refractivity contribution in [2.75, 3.05) is 13.2 Å². The molecule has 2 amide bonds. The number of amides is 2. The highest BCUT2D eigenvalue weighted by atomic mass is 35.5. The Bertz CT molecular complexity index is 1170. The van der Waals surface area contributed by atoms with E-state index in [1.807, 2.05) is 0 Å². The molecule has 3 aromatic rings. The summed E-state index contributed by atoms with van der Waals surface area (Å²) >= 11 is 6.68. The number of furan rings is 1. The van der Waals surface area contributed by atoms with E-state index in [9.17, 15) is 14.4 Å². The molecule has 1 aromatic heterocycles. The molecule has 0 spiro atoms. The SMILES string of the molecule is O=C(Oc1cccc(/C=C2\SC(=O)N(CCOc3ccc(Cl)cc3)C2=O)c1)c1ccco1. The van der Waals surface area contributed by atoms with Crippen molar-refractivity contribution < 1.29 is 28.3 Å². The smallest absolute Gasteiger partial charge is 0.379 e. The Hall–Kier alpha value is -3.49. The highest BCUT2D eigenvalue weighted by molar-refractivity contribution is 8.18. The molecular weight excluding hydrogens is 454 g/mol. The van der Waals surface area contributed by atoms with Gasteiger partial charge in [0.2, 0.25) is 5.76 Å². The van der Waals surface area contributed by atoms with E-state index in [0.29, 0.717) is 16.3 Å². The van der Waals surface area contributed by atoms with Crippen molar-refractivity contribution >= 4 is 46.6 Å². The van der Waals surface area contributed by atoms with Gasteiger partial charge in [-0.2, -0.15) is 0 Å². The lowest BCUT2D eigenvalue weighted by atomic mass is 10.2. The Balaban J connectivity index is 1.38. The molecule has 2 heterocycles. The van der Waals surface area contributed by atoms with Crippen molar-refractivity contribution in [2.45, 2.75) is 0 Å². The fraction of sp³-hybridized carbons (Fsp3) is 0.0870. The number of carbonyl (C=O) groups is 3.